The fourth-order valence-electron chi connectivity index (χ4n) is 2.91. The van der Waals surface area contributed by atoms with Gasteiger partial charge in [-0.2, -0.15) is 39.5 Å². The van der Waals surface area contributed by atoms with Crippen molar-refractivity contribution >= 4 is 42.1 Å². The predicted octanol–water partition coefficient (Wildman–Crippen LogP) is 4.51. The lowest BCUT2D eigenvalue weighted by atomic mass is 10.1. The van der Waals surface area contributed by atoms with Gasteiger partial charge in [0.1, 0.15) is 5.82 Å². The average Bonchev–Trinajstić information content (AvgIpc) is 3.35. The molecule has 1 saturated heterocycles. The number of rotatable bonds is 3. The third-order valence-corrected chi connectivity index (χ3v) is 4.72. The summed E-state index contributed by atoms with van der Waals surface area (Å²) in [6.45, 7) is 1.58. The van der Waals surface area contributed by atoms with Crippen molar-refractivity contribution in [2.45, 2.75) is 37.8 Å². The maximum atomic E-state index is 12.2. The van der Waals surface area contributed by atoms with Crippen LogP contribution in [-0.4, -0.2) is 91.3 Å². The van der Waals surface area contributed by atoms with Crippen molar-refractivity contribution in [1.82, 2.24) is 19.6 Å². The molecule has 0 radical (unpaired) electrons. The Morgan fingerprint density at radius 1 is 0.867 bits per heavy atom. The second kappa shape index (κ2) is 18.5. The lowest BCUT2D eigenvalue weighted by Crippen LogP contribution is -2.30. The summed E-state index contributed by atoms with van der Waals surface area (Å²) < 4.78 is 96.1. The number of nitrogens with zero attached hydrogens (tertiary/aromatic N) is 5. The maximum absolute atomic E-state index is 12.2. The van der Waals surface area contributed by atoms with Crippen LogP contribution in [0, 0.1) is 0 Å². The van der Waals surface area contributed by atoms with Gasteiger partial charge >= 0.3 is 24.5 Å². The Hall–Kier alpha value is -5.18. The number of carboxylic acid groups (broad SMARTS) is 3. The number of hydrogen-bond donors (Lipinski definition) is 4. The number of amides is 1. The molecule has 22 heteroatoms. The van der Waals surface area contributed by atoms with Crippen molar-refractivity contribution in [2.24, 2.45) is 0 Å². The molecule has 250 valence electrons. The van der Waals surface area contributed by atoms with Crippen molar-refractivity contribution in [3.8, 4) is 0 Å². The van der Waals surface area contributed by atoms with Gasteiger partial charge in [-0.15, -0.1) is 5.10 Å². The molecule has 4 N–H and O–H groups in total. The average molecular weight is 666 g/mol. The molecule has 1 aliphatic rings. The van der Waals surface area contributed by atoms with Gasteiger partial charge in [0.05, 0.1) is 11.8 Å². The molecular weight excluding hydrogens is 643 g/mol. The van der Waals surface area contributed by atoms with Crippen LogP contribution in [0.25, 0.3) is 5.65 Å². The fraction of sp³-hybridized carbons (Fsp3) is 0.348. The fourth-order valence-corrected chi connectivity index (χ4v) is 2.91. The number of halogens is 9. The molecule has 0 bridgehead atoms. The summed E-state index contributed by atoms with van der Waals surface area (Å²) in [5, 5.41) is 28.3. The molecule has 1 amide bonds. The van der Waals surface area contributed by atoms with Gasteiger partial charge in [-0.05, 0) is 43.5 Å². The molecule has 0 aromatic carbocycles. The standard InChI is InChI=1S/C17H18N6O.C2F6.C2HF3O2.2CH2O2/c24-17(13-5-4-8-18-11-13)20-14-12-23-15(19-14)6-7-16(21-23)22-9-2-1-3-10-22;3-1(4,5)2(6,7)8;3-2(4,5)1(6)7;2*2-1-3/h4-8,11-12H,1-3,9-10H2,(H,20,24);;(H,6,7);2*1H,(H,2,3). The zero-order valence-electron chi connectivity index (χ0n) is 22.3. The smallest absolute Gasteiger partial charge is 0.483 e. The SMILES string of the molecule is FC(F)(F)C(F)(F)F.O=C(Nc1cn2nc(N3CCCCC3)ccc2n1)c1cccnc1.O=C(O)C(F)(F)F.O=CO.O=CO. The molecule has 0 spiro atoms. The van der Waals surface area contributed by atoms with Crippen LogP contribution in [0.4, 0.5) is 51.1 Å². The van der Waals surface area contributed by atoms with Crippen LogP contribution in [0.1, 0.15) is 29.6 Å². The van der Waals surface area contributed by atoms with Gasteiger partial charge in [0, 0.05) is 25.5 Å². The summed E-state index contributed by atoms with van der Waals surface area (Å²) in [7, 11) is 0. The molecule has 0 aliphatic carbocycles. The third-order valence-electron chi connectivity index (χ3n) is 4.72. The van der Waals surface area contributed by atoms with E-state index in [1.807, 2.05) is 12.1 Å². The first kappa shape index (κ1) is 39.8. The van der Waals surface area contributed by atoms with Crippen LogP contribution >= 0.6 is 0 Å². The molecule has 3 aromatic rings. The van der Waals surface area contributed by atoms with Gasteiger partial charge in [0.2, 0.25) is 0 Å². The Bertz CT molecular complexity index is 1330. The monoisotopic (exact) mass is 666 g/mol. The van der Waals surface area contributed by atoms with Gasteiger partial charge < -0.3 is 25.5 Å². The largest absolute Gasteiger partial charge is 0.490 e. The minimum absolute atomic E-state index is 0.234. The van der Waals surface area contributed by atoms with Crippen LogP contribution < -0.4 is 10.2 Å². The lowest BCUT2D eigenvalue weighted by molar-refractivity contribution is -0.339. The van der Waals surface area contributed by atoms with Crippen molar-refractivity contribution in [3.05, 3.63) is 48.4 Å². The second-order valence-electron chi connectivity index (χ2n) is 7.87. The highest BCUT2D eigenvalue weighted by atomic mass is 19.5. The number of fused-ring (bicyclic) bond motifs is 1. The molecule has 0 unspecified atom stereocenters. The van der Waals surface area contributed by atoms with Crippen LogP contribution in [0.15, 0.2) is 42.9 Å². The Morgan fingerprint density at radius 2 is 1.38 bits per heavy atom. The first-order valence-electron chi connectivity index (χ1n) is 11.7. The van der Waals surface area contributed by atoms with E-state index in [0.29, 0.717) is 17.0 Å². The number of imidazole rings is 1. The highest BCUT2D eigenvalue weighted by Crippen LogP contribution is 2.35. The number of aromatic nitrogens is 4. The van der Waals surface area contributed by atoms with Crippen molar-refractivity contribution < 1.29 is 74.0 Å². The third kappa shape index (κ3) is 15.2. The van der Waals surface area contributed by atoms with E-state index in [9.17, 15) is 44.3 Å². The minimum atomic E-state index is -6.06. The van der Waals surface area contributed by atoms with Gasteiger partial charge in [-0.3, -0.25) is 19.4 Å². The molecular formula is C23H23F9N6O7. The van der Waals surface area contributed by atoms with Crippen LogP contribution in [0.3, 0.4) is 0 Å². The number of carboxylic acids is 1. The van der Waals surface area contributed by atoms with Gasteiger partial charge in [-0.1, -0.05) is 0 Å². The molecule has 4 heterocycles. The number of anilines is 2. The van der Waals surface area contributed by atoms with E-state index in [1.165, 1.54) is 25.5 Å². The summed E-state index contributed by atoms with van der Waals surface area (Å²) >= 11 is 0. The number of hydrogen-bond acceptors (Lipinski definition) is 8. The Kier molecular flexibility index (Phi) is 16.3. The number of piperidine rings is 1. The number of carbonyl (C=O) groups is 4. The molecule has 4 rings (SSSR count). The van der Waals surface area contributed by atoms with E-state index in [2.05, 4.69) is 25.3 Å². The van der Waals surface area contributed by atoms with Gasteiger partial charge in [-0.25, -0.2) is 14.3 Å². The number of aliphatic carboxylic acids is 1. The van der Waals surface area contributed by atoms with E-state index < -0.39 is 24.5 Å². The maximum Gasteiger partial charge on any atom is 0.490 e. The Balaban J connectivity index is 0.000000760. The van der Waals surface area contributed by atoms with Crippen molar-refractivity contribution in [1.29, 1.82) is 0 Å². The quantitative estimate of drug-likeness (QED) is 0.228. The summed E-state index contributed by atoms with van der Waals surface area (Å²) in [4.78, 5) is 48.4. The Labute approximate surface area is 245 Å². The van der Waals surface area contributed by atoms with Gasteiger partial charge in [0.25, 0.3) is 18.9 Å². The zero-order chi connectivity index (χ0) is 34.8. The lowest BCUT2D eigenvalue weighted by Gasteiger charge is -2.27. The number of nitrogens with one attached hydrogen (secondary N) is 1. The number of pyridine rings is 1. The van der Waals surface area contributed by atoms with Crippen LogP contribution in [0.2, 0.25) is 0 Å². The summed E-state index contributed by atoms with van der Waals surface area (Å²) in [6.07, 6.45) is -8.62. The van der Waals surface area contributed by atoms with E-state index in [0.717, 1.165) is 18.9 Å². The minimum Gasteiger partial charge on any atom is -0.483 e. The highest BCUT2D eigenvalue weighted by Gasteiger charge is 2.58. The Morgan fingerprint density at radius 3 is 1.80 bits per heavy atom. The van der Waals surface area contributed by atoms with E-state index in [4.69, 9.17) is 29.7 Å². The second-order valence-corrected chi connectivity index (χ2v) is 7.87. The van der Waals surface area contributed by atoms with Crippen LogP contribution in [0.5, 0.6) is 0 Å². The summed E-state index contributed by atoms with van der Waals surface area (Å²) in [5.74, 6) is -1.56. The summed E-state index contributed by atoms with van der Waals surface area (Å²) in [5.41, 5.74) is 1.20. The normalized spacial score (nSPS) is 12.7. The van der Waals surface area contributed by atoms with E-state index >= 15 is 0 Å². The topological polar surface area (TPSA) is 187 Å². The first-order valence-corrected chi connectivity index (χ1v) is 11.7. The van der Waals surface area contributed by atoms with E-state index in [-0.39, 0.29) is 18.9 Å². The molecule has 3 aromatic heterocycles. The number of alkyl halides is 9. The zero-order valence-corrected chi connectivity index (χ0v) is 22.3. The van der Waals surface area contributed by atoms with Crippen LogP contribution in [-0.2, 0) is 14.4 Å². The molecule has 45 heavy (non-hydrogen) atoms. The predicted molar refractivity (Wildman–Crippen MR) is 134 cm³/mol. The summed E-state index contributed by atoms with van der Waals surface area (Å²) in [6, 6.07) is 7.35. The van der Waals surface area contributed by atoms with E-state index in [1.54, 1.807) is 29.0 Å². The first-order chi connectivity index (χ1) is 20.8. The molecule has 1 aliphatic heterocycles. The molecule has 0 atom stereocenters. The highest BCUT2D eigenvalue weighted by molar-refractivity contribution is 6.03. The van der Waals surface area contributed by atoms with Gasteiger partial charge in [0.15, 0.2) is 11.5 Å². The molecule has 13 nitrogen and oxygen atoms in total. The molecule has 1 fully saturated rings. The number of carbonyl (C=O) groups excluding carboxylic acids is 1. The van der Waals surface area contributed by atoms with Crippen molar-refractivity contribution in [3.63, 3.8) is 0 Å². The van der Waals surface area contributed by atoms with Crippen molar-refractivity contribution in [2.75, 3.05) is 23.3 Å². The molecule has 0 saturated carbocycles.